The van der Waals surface area contributed by atoms with E-state index in [-0.39, 0.29) is 36.9 Å². The Kier molecular flexibility index (Phi) is 7.58. The molecule has 0 aliphatic carbocycles. The van der Waals surface area contributed by atoms with Crippen molar-refractivity contribution in [3.8, 4) is 5.75 Å². The zero-order chi connectivity index (χ0) is 25.8. The molecule has 4 rings (SSSR count). The smallest absolute Gasteiger partial charge is 0.259 e. The van der Waals surface area contributed by atoms with Crippen LogP contribution in [-0.2, 0) is 16.1 Å². The van der Waals surface area contributed by atoms with Gasteiger partial charge >= 0.3 is 0 Å². The summed E-state index contributed by atoms with van der Waals surface area (Å²) in [6.45, 7) is 5.95. The normalized spacial score (nSPS) is 14.0. The molecule has 1 aliphatic heterocycles. The lowest BCUT2D eigenvalue weighted by atomic mass is 10.1. The fourth-order valence-corrected chi connectivity index (χ4v) is 4.65. The fraction of sp³-hybridized carbons (Fsp3) is 0.345. The third-order valence-corrected chi connectivity index (χ3v) is 6.84. The molecule has 0 saturated heterocycles. The van der Waals surface area contributed by atoms with E-state index in [1.807, 2.05) is 75.4 Å². The highest BCUT2D eigenvalue weighted by Gasteiger charge is 2.35. The molecule has 0 fully saturated rings. The summed E-state index contributed by atoms with van der Waals surface area (Å²) in [7, 11) is 1.60. The van der Waals surface area contributed by atoms with Crippen LogP contribution in [0.5, 0.6) is 5.75 Å². The molecule has 3 aromatic carbocycles. The van der Waals surface area contributed by atoms with Crippen molar-refractivity contribution in [3.63, 3.8) is 0 Å². The van der Waals surface area contributed by atoms with Crippen LogP contribution in [0.4, 0.5) is 5.69 Å². The highest BCUT2D eigenvalue weighted by atomic mass is 16.5. The summed E-state index contributed by atoms with van der Waals surface area (Å²) in [6, 6.07) is 18.1. The van der Waals surface area contributed by atoms with E-state index >= 15 is 0 Å². The Balaban J connectivity index is 1.64. The molecular weight excluding hydrogens is 454 g/mol. The van der Waals surface area contributed by atoms with Crippen molar-refractivity contribution in [1.29, 1.82) is 0 Å². The Hall–Kier alpha value is -3.87. The number of nitrogens with zero attached hydrogens (tertiary/aromatic N) is 2. The van der Waals surface area contributed by atoms with Crippen molar-refractivity contribution in [3.05, 3.63) is 71.8 Å². The van der Waals surface area contributed by atoms with Crippen LogP contribution in [0.15, 0.2) is 60.7 Å². The van der Waals surface area contributed by atoms with E-state index < -0.39 is 6.04 Å². The Morgan fingerprint density at radius 2 is 1.69 bits per heavy atom. The Bertz CT molecular complexity index is 1270. The van der Waals surface area contributed by atoms with Gasteiger partial charge in [0.25, 0.3) is 5.91 Å². The quantitative estimate of drug-likeness (QED) is 0.456. The molecule has 1 aliphatic rings. The second-order valence-electron chi connectivity index (χ2n) is 9.18. The summed E-state index contributed by atoms with van der Waals surface area (Å²) in [6.07, 6.45) is 1.24. The van der Waals surface area contributed by atoms with E-state index in [1.54, 1.807) is 18.1 Å². The summed E-state index contributed by atoms with van der Waals surface area (Å²) < 4.78 is 5.25. The Labute approximate surface area is 212 Å². The number of rotatable bonds is 10. The number of nitrogens with one attached hydrogen (secondary N) is 1. The number of anilines is 1. The van der Waals surface area contributed by atoms with E-state index in [4.69, 9.17) is 4.74 Å². The number of carbonyl (C=O) groups excluding carboxylic acids is 3. The van der Waals surface area contributed by atoms with Gasteiger partial charge in [0, 0.05) is 23.5 Å². The van der Waals surface area contributed by atoms with E-state index in [1.165, 1.54) is 4.90 Å². The largest absolute Gasteiger partial charge is 0.497 e. The van der Waals surface area contributed by atoms with Crippen LogP contribution in [0.25, 0.3) is 10.8 Å². The molecule has 0 bridgehead atoms. The second-order valence-corrected chi connectivity index (χ2v) is 9.18. The lowest BCUT2D eigenvalue weighted by molar-refractivity contribution is -0.140. The molecule has 0 radical (unpaired) electrons. The predicted octanol–water partition coefficient (Wildman–Crippen LogP) is 4.53. The lowest BCUT2D eigenvalue weighted by Gasteiger charge is -2.33. The van der Waals surface area contributed by atoms with Gasteiger partial charge in [-0.3, -0.25) is 19.3 Å². The van der Waals surface area contributed by atoms with Crippen molar-refractivity contribution in [1.82, 2.24) is 10.2 Å². The topological polar surface area (TPSA) is 79.0 Å². The molecule has 1 N–H and O–H groups in total. The number of benzene rings is 3. The highest BCUT2D eigenvalue weighted by molar-refractivity contribution is 6.26. The maximum atomic E-state index is 13.8. The first-order valence-corrected chi connectivity index (χ1v) is 12.4. The highest BCUT2D eigenvalue weighted by Crippen LogP contribution is 2.37. The molecule has 0 aromatic heterocycles. The molecule has 7 heteroatoms. The van der Waals surface area contributed by atoms with Crippen molar-refractivity contribution in [2.45, 2.75) is 52.2 Å². The summed E-state index contributed by atoms with van der Waals surface area (Å²) in [5, 5.41) is 4.84. The van der Waals surface area contributed by atoms with Crippen LogP contribution in [0.3, 0.4) is 0 Å². The van der Waals surface area contributed by atoms with E-state index in [2.05, 4.69) is 5.32 Å². The fourth-order valence-electron chi connectivity index (χ4n) is 4.65. The molecule has 0 unspecified atom stereocenters. The van der Waals surface area contributed by atoms with Crippen LogP contribution >= 0.6 is 0 Å². The number of amides is 3. The van der Waals surface area contributed by atoms with Crippen molar-refractivity contribution in [2.24, 2.45) is 0 Å². The van der Waals surface area contributed by atoms with Gasteiger partial charge in [0.15, 0.2) is 0 Å². The van der Waals surface area contributed by atoms with Crippen LogP contribution < -0.4 is 15.0 Å². The minimum absolute atomic E-state index is 0.00301. The molecule has 36 heavy (non-hydrogen) atoms. The SMILES string of the molecule is CC[C@H](C)NC(=O)[C@H](CC)N(Cc1ccc(OC)cc1)C(=O)CN1C(=O)c2cccc3cccc1c23. The first kappa shape index (κ1) is 25.2. The van der Waals surface area contributed by atoms with Gasteiger partial charge in [-0.25, -0.2) is 0 Å². The van der Waals surface area contributed by atoms with Crippen molar-refractivity contribution < 1.29 is 19.1 Å². The summed E-state index contributed by atoms with van der Waals surface area (Å²) in [5.74, 6) is 0.0466. The van der Waals surface area contributed by atoms with Gasteiger partial charge < -0.3 is 15.0 Å². The van der Waals surface area contributed by atoms with Crippen molar-refractivity contribution >= 4 is 34.2 Å². The maximum absolute atomic E-state index is 13.8. The standard InChI is InChI=1S/C29H33N3O4/c1-5-19(3)30-28(34)24(6-2)31(17-20-13-15-22(36-4)16-14-20)26(33)18-32-25-12-8-10-21-9-7-11-23(27(21)25)29(32)35/h7-16,19,24H,5-6,17-18H2,1-4H3,(H,30,34)/t19-,24-/m0/s1. The molecule has 3 amide bonds. The number of hydrogen-bond acceptors (Lipinski definition) is 4. The van der Waals surface area contributed by atoms with Crippen LogP contribution in [0, 0.1) is 0 Å². The second kappa shape index (κ2) is 10.8. The van der Waals surface area contributed by atoms with Gasteiger partial charge in [-0.1, -0.05) is 50.2 Å². The number of carbonyl (C=O) groups is 3. The Morgan fingerprint density at radius 1 is 1.00 bits per heavy atom. The van der Waals surface area contributed by atoms with E-state index in [0.717, 1.165) is 28.4 Å². The lowest BCUT2D eigenvalue weighted by Crippen LogP contribution is -2.53. The van der Waals surface area contributed by atoms with Crippen LogP contribution in [-0.4, -0.2) is 48.4 Å². The number of hydrogen-bond donors (Lipinski definition) is 1. The zero-order valence-corrected chi connectivity index (χ0v) is 21.3. The van der Waals surface area contributed by atoms with Crippen LogP contribution in [0.2, 0.25) is 0 Å². The molecule has 0 spiro atoms. The number of methoxy groups -OCH3 is 1. The molecule has 0 saturated carbocycles. The minimum Gasteiger partial charge on any atom is -0.497 e. The first-order valence-electron chi connectivity index (χ1n) is 12.4. The summed E-state index contributed by atoms with van der Waals surface area (Å²) >= 11 is 0. The van der Waals surface area contributed by atoms with Gasteiger partial charge in [-0.2, -0.15) is 0 Å². The molecule has 3 aromatic rings. The third kappa shape index (κ3) is 4.91. The number of ether oxygens (including phenoxy) is 1. The van der Waals surface area contributed by atoms with Crippen molar-refractivity contribution in [2.75, 3.05) is 18.6 Å². The van der Waals surface area contributed by atoms with Gasteiger partial charge in [-0.05, 0) is 55.0 Å². The molecule has 7 nitrogen and oxygen atoms in total. The monoisotopic (exact) mass is 487 g/mol. The van der Waals surface area contributed by atoms with Gasteiger partial charge in [-0.15, -0.1) is 0 Å². The minimum atomic E-state index is -0.663. The summed E-state index contributed by atoms with van der Waals surface area (Å²) in [4.78, 5) is 43.4. The predicted molar refractivity (Wildman–Crippen MR) is 141 cm³/mol. The van der Waals surface area contributed by atoms with E-state index in [0.29, 0.717) is 17.7 Å². The van der Waals surface area contributed by atoms with Gasteiger partial charge in [0.1, 0.15) is 18.3 Å². The third-order valence-electron chi connectivity index (χ3n) is 6.84. The van der Waals surface area contributed by atoms with E-state index in [9.17, 15) is 14.4 Å². The van der Waals surface area contributed by atoms with Gasteiger partial charge in [0.2, 0.25) is 11.8 Å². The summed E-state index contributed by atoms with van der Waals surface area (Å²) in [5.41, 5.74) is 2.19. The molecular formula is C29H33N3O4. The van der Waals surface area contributed by atoms with Crippen LogP contribution in [0.1, 0.15) is 49.5 Å². The van der Waals surface area contributed by atoms with Gasteiger partial charge in [0.05, 0.1) is 12.8 Å². The Morgan fingerprint density at radius 3 is 2.33 bits per heavy atom. The average molecular weight is 488 g/mol. The molecule has 2 atom stereocenters. The maximum Gasteiger partial charge on any atom is 0.259 e. The first-order chi connectivity index (χ1) is 17.4. The molecule has 188 valence electrons. The zero-order valence-electron chi connectivity index (χ0n) is 21.3. The molecule has 1 heterocycles. The average Bonchev–Trinajstić information content (AvgIpc) is 3.16.